The van der Waals surface area contributed by atoms with Gasteiger partial charge in [-0.3, -0.25) is 9.89 Å². The maximum absolute atomic E-state index is 12.8. The van der Waals surface area contributed by atoms with Crippen molar-refractivity contribution in [1.82, 2.24) is 15.1 Å². The average molecular weight is 295 g/mol. The second-order valence-corrected chi connectivity index (χ2v) is 6.44. The van der Waals surface area contributed by atoms with E-state index in [1.54, 1.807) is 6.20 Å². The monoisotopic (exact) mass is 295 g/mol. The molecule has 4 rings (SSSR count). The van der Waals surface area contributed by atoms with Crippen LogP contribution in [0.2, 0.25) is 0 Å². The lowest BCUT2D eigenvalue weighted by Gasteiger charge is -2.32. The minimum absolute atomic E-state index is 0.180. The highest BCUT2D eigenvalue weighted by Crippen LogP contribution is 2.28. The van der Waals surface area contributed by atoms with Gasteiger partial charge in [-0.05, 0) is 61.4 Å². The van der Waals surface area contributed by atoms with Crippen molar-refractivity contribution in [2.75, 3.05) is 13.1 Å². The number of fused-ring (bicyclic) bond motifs is 1. The second kappa shape index (κ2) is 5.59. The Morgan fingerprint density at radius 2 is 2.09 bits per heavy atom. The van der Waals surface area contributed by atoms with Crippen LogP contribution in [0.25, 0.3) is 0 Å². The zero-order valence-electron chi connectivity index (χ0n) is 12.7. The van der Waals surface area contributed by atoms with Crippen LogP contribution in [-0.4, -0.2) is 34.1 Å². The van der Waals surface area contributed by atoms with Crippen LogP contribution in [0.3, 0.4) is 0 Å². The van der Waals surface area contributed by atoms with Gasteiger partial charge in [-0.25, -0.2) is 0 Å². The maximum Gasteiger partial charge on any atom is 0.253 e. The molecule has 1 aromatic heterocycles. The van der Waals surface area contributed by atoms with Gasteiger partial charge in [0.2, 0.25) is 0 Å². The van der Waals surface area contributed by atoms with Crippen LogP contribution >= 0.6 is 0 Å². The van der Waals surface area contributed by atoms with Gasteiger partial charge >= 0.3 is 0 Å². The Bertz CT molecular complexity index is 678. The van der Waals surface area contributed by atoms with E-state index in [0.717, 1.165) is 50.0 Å². The Balaban J connectivity index is 1.52. The van der Waals surface area contributed by atoms with E-state index in [1.165, 1.54) is 17.5 Å². The molecule has 0 saturated carbocycles. The molecule has 1 aliphatic carbocycles. The summed E-state index contributed by atoms with van der Waals surface area (Å²) in [6.45, 7) is 1.65. The number of H-pyrrole nitrogens is 1. The number of aromatic nitrogens is 2. The predicted molar refractivity (Wildman–Crippen MR) is 84.9 cm³/mol. The minimum Gasteiger partial charge on any atom is -0.338 e. The lowest BCUT2D eigenvalue weighted by molar-refractivity contribution is 0.0706. The van der Waals surface area contributed by atoms with Crippen LogP contribution in [0.4, 0.5) is 0 Å². The van der Waals surface area contributed by atoms with Crippen molar-refractivity contribution in [2.45, 2.75) is 38.0 Å². The first-order chi connectivity index (χ1) is 10.8. The Labute approximate surface area is 130 Å². The summed E-state index contributed by atoms with van der Waals surface area (Å²) in [5, 5.41) is 7.09. The first kappa shape index (κ1) is 13.6. The van der Waals surface area contributed by atoms with Crippen molar-refractivity contribution < 1.29 is 4.79 Å². The van der Waals surface area contributed by atoms with Gasteiger partial charge in [0, 0.05) is 36.5 Å². The number of aromatic amines is 1. The van der Waals surface area contributed by atoms with E-state index >= 15 is 0 Å². The van der Waals surface area contributed by atoms with Gasteiger partial charge in [0.05, 0.1) is 0 Å². The molecule has 2 aliphatic rings. The topological polar surface area (TPSA) is 49.0 Å². The van der Waals surface area contributed by atoms with Gasteiger partial charge in [0.15, 0.2) is 0 Å². The normalized spacial score (nSPS) is 20.9. The summed E-state index contributed by atoms with van der Waals surface area (Å²) in [5.74, 6) is 0.563. The fraction of sp³-hybridized carbons (Fsp3) is 0.444. The number of nitrogens with zero attached hydrogens (tertiary/aromatic N) is 2. The van der Waals surface area contributed by atoms with E-state index in [1.807, 2.05) is 17.0 Å². The summed E-state index contributed by atoms with van der Waals surface area (Å²) in [4.78, 5) is 14.8. The lowest BCUT2D eigenvalue weighted by atomic mass is 9.94. The standard InChI is InChI=1S/C18H21N3O/c22-18(15-7-6-13-3-1-4-14(13)11-15)21-10-2-5-16(12-21)17-8-9-19-20-17/h6-9,11,16H,1-5,10,12H2,(H,19,20). The molecule has 1 saturated heterocycles. The quantitative estimate of drug-likeness (QED) is 0.926. The third-order valence-corrected chi connectivity index (χ3v) is 5.02. The van der Waals surface area contributed by atoms with Gasteiger partial charge in [-0.2, -0.15) is 5.10 Å². The fourth-order valence-electron chi connectivity index (χ4n) is 3.80. The molecule has 0 radical (unpaired) electrons. The summed E-state index contributed by atoms with van der Waals surface area (Å²) in [6, 6.07) is 8.29. The summed E-state index contributed by atoms with van der Waals surface area (Å²) < 4.78 is 0. The molecule has 1 N–H and O–H groups in total. The first-order valence-corrected chi connectivity index (χ1v) is 8.21. The van der Waals surface area contributed by atoms with Crippen LogP contribution < -0.4 is 0 Å². The number of carbonyl (C=O) groups excluding carboxylic acids is 1. The molecule has 1 atom stereocenters. The fourth-order valence-corrected chi connectivity index (χ4v) is 3.80. The van der Waals surface area contributed by atoms with E-state index < -0.39 is 0 Å². The molecule has 0 spiro atoms. The number of aryl methyl sites for hydroxylation is 2. The number of hydrogen-bond donors (Lipinski definition) is 1. The van der Waals surface area contributed by atoms with Gasteiger partial charge in [-0.1, -0.05) is 6.07 Å². The highest BCUT2D eigenvalue weighted by atomic mass is 16.2. The summed E-state index contributed by atoms with van der Waals surface area (Å²) in [6.07, 6.45) is 7.47. The van der Waals surface area contributed by atoms with Crippen LogP contribution in [0.1, 0.15) is 52.4 Å². The zero-order chi connectivity index (χ0) is 14.9. The predicted octanol–water partition coefficient (Wildman–Crippen LogP) is 2.92. The highest BCUT2D eigenvalue weighted by Gasteiger charge is 2.26. The Morgan fingerprint density at radius 3 is 2.95 bits per heavy atom. The van der Waals surface area contributed by atoms with Crippen molar-refractivity contribution in [2.24, 2.45) is 0 Å². The van der Waals surface area contributed by atoms with Crippen molar-refractivity contribution in [1.29, 1.82) is 0 Å². The molecule has 114 valence electrons. The Morgan fingerprint density at radius 1 is 1.18 bits per heavy atom. The van der Waals surface area contributed by atoms with Crippen LogP contribution in [-0.2, 0) is 12.8 Å². The van der Waals surface area contributed by atoms with E-state index in [2.05, 4.69) is 22.3 Å². The molecule has 4 heteroatoms. The van der Waals surface area contributed by atoms with Crippen molar-refractivity contribution >= 4 is 5.91 Å². The molecular formula is C18H21N3O. The number of benzene rings is 1. The summed E-state index contributed by atoms with van der Waals surface area (Å²) >= 11 is 0. The number of nitrogens with one attached hydrogen (secondary N) is 1. The molecule has 0 bridgehead atoms. The van der Waals surface area contributed by atoms with Crippen molar-refractivity contribution in [3.8, 4) is 0 Å². The lowest BCUT2D eigenvalue weighted by Crippen LogP contribution is -2.39. The van der Waals surface area contributed by atoms with Crippen LogP contribution in [0, 0.1) is 0 Å². The SMILES string of the molecule is O=C(c1ccc2c(c1)CCC2)N1CCCC(c2ccn[nH]2)C1. The molecule has 1 amide bonds. The molecule has 1 fully saturated rings. The third-order valence-electron chi connectivity index (χ3n) is 5.02. The van der Waals surface area contributed by atoms with Gasteiger partial charge < -0.3 is 4.90 Å². The van der Waals surface area contributed by atoms with E-state index in [-0.39, 0.29) is 5.91 Å². The summed E-state index contributed by atoms with van der Waals surface area (Å²) in [7, 11) is 0. The number of amides is 1. The number of carbonyl (C=O) groups is 1. The van der Waals surface area contributed by atoms with Gasteiger partial charge in [0.25, 0.3) is 5.91 Å². The number of hydrogen-bond acceptors (Lipinski definition) is 2. The molecule has 2 heterocycles. The first-order valence-electron chi connectivity index (χ1n) is 8.21. The Kier molecular flexibility index (Phi) is 3.45. The molecule has 1 aliphatic heterocycles. The third kappa shape index (κ3) is 2.43. The van der Waals surface area contributed by atoms with E-state index in [9.17, 15) is 4.79 Å². The smallest absolute Gasteiger partial charge is 0.253 e. The van der Waals surface area contributed by atoms with Gasteiger partial charge in [-0.15, -0.1) is 0 Å². The van der Waals surface area contributed by atoms with E-state index in [4.69, 9.17) is 0 Å². The molecular weight excluding hydrogens is 274 g/mol. The van der Waals surface area contributed by atoms with Crippen LogP contribution in [0.5, 0.6) is 0 Å². The summed E-state index contributed by atoms with van der Waals surface area (Å²) in [5.41, 5.74) is 4.79. The maximum atomic E-state index is 12.8. The minimum atomic E-state index is 0.180. The molecule has 22 heavy (non-hydrogen) atoms. The van der Waals surface area contributed by atoms with Crippen molar-refractivity contribution in [3.05, 3.63) is 52.8 Å². The van der Waals surface area contributed by atoms with Gasteiger partial charge in [0.1, 0.15) is 0 Å². The average Bonchev–Trinajstić information content (AvgIpc) is 3.25. The van der Waals surface area contributed by atoms with E-state index in [0.29, 0.717) is 5.92 Å². The number of piperidine rings is 1. The number of likely N-dealkylation sites (tertiary alicyclic amines) is 1. The molecule has 4 nitrogen and oxygen atoms in total. The van der Waals surface area contributed by atoms with Crippen molar-refractivity contribution in [3.63, 3.8) is 0 Å². The second-order valence-electron chi connectivity index (χ2n) is 6.44. The Hall–Kier alpha value is -2.10. The zero-order valence-corrected chi connectivity index (χ0v) is 12.7. The largest absolute Gasteiger partial charge is 0.338 e. The molecule has 2 aromatic rings. The molecule has 1 aromatic carbocycles. The van der Waals surface area contributed by atoms with Crippen LogP contribution in [0.15, 0.2) is 30.5 Å². The molecule has 1 unspecified atom stereocenters. The number of rotatable bonds is 2. The highest BCUT2D eigenvalue weighted by molar-refractivity contribution is 5.94.